The van der Waals surface area contributed by atoms with E-state index in [1.54, 1.807) is 12.1 Å². The first-order valence-electron chi connectivity index (χ1n) is 8.46. The topological polar surface area (TPSA) is 64.4 Å². The second-order valence-corrected chi connectivity index (χ2v) is 6.29. The zero-order valence-corrected chi connectivity index (χ0v) is 15.9. The van der Waals surface area contributed by atoms with E-state index in [4.69, 9.17) is 10.5 Å². The van der Waals surface area contributed by atoms with E-state index in [1.807, 2.05) is 38.1 Å². The quantitative estimate of drug-likeness (QED) is 0.723. The van der Waals surface area contributed by atoms with E-state index >= 15 is 0 Å². The Morgan fingerprint density at radius 3 is 2.31 bits per heavy atom. The lowest BCUT2D eigenvalue weighted by Crippen LogP contribution is -2.28. The van der Waals surface area contributed by atoms with Crippen molar-refractivity contribution in [3.63, 3.8) is 0 Å². The van der Waals surface area contributed by atoms with Crippen LogP contribution in [0, 0.1) is 5.82 Å². The van der Waals surface area contributed by atoms with Gasteiger partial charge in [0.05, 0.1) is 6.04 Å². The Labute approximate surface area is 160 Å². The molecule has 0 heterocycles. The van der Waals surface area contributed by atoms with Crippen LogP contribution in [0.25, 0.3) is 0 Å². The maximum Gasteiger partial charge on any atom is 0.220 e. The zero-order chi connectivity index (χ0) is 18.2. The Bertz CT molecular complexity index is 675. The average molecular weight is 381 g/mol. The lowest BCUT2D eigenvalue weighted by atomic mass is 10.1. The number of hydrogen-bond acceptors (Lipinski definition) is 3. The predicted molar refractivity (Wildman–Crippen MR) is 104 cm³/mol. The van der Waals surface area contributed by atoms with E-state index < -0.39 is 0 Å². The lowest BCUT2D eigenvalue weighted by molar-refractivity contribution is -0.121. The number of ether oxygens (including phenoxy) is 1. The molecule has 6 heteroatoms. The number of carbonyl (C=O) groups excluding carboxylic acids is 1. The Morgan fingerprint density at radius 2 is 1.73 bits per heavy atom. The highest BCUT2D eigenvalue weighted by molar-refractivity contribution is 5.85. The van der Waals surface area contributed by atoms with Gasteiger partial charge in [0.15, 0.2) is 0 Å². The van der Waals surface area contributed by atoms with Gasteiger partial charge in [-0.2, -0.15) is 0 Å². The predicted octanol–water partition coefficient (Wildman–Crippen LogP) is 4.13. The summed E-state index contributed by atoms with van der Waals surface area (Å²) >= 11 is 0. The molecular weight excluding hydrogens is 355 g/mol. The fourth-order valence-electron chi connectivity index (χ4n) is 2.36. The molecule has 0 aromatic heterocycles. The molecule has 0 aliphatic carbocycles. The fourth-order valence-corrected chi connectivity index (χ4v) is 2.36. The molecule has 3 N–H and O–H groups in total. The van der Waals surface area contributed by atoms with Crippen molar-refractivity contribution in [3.8, 4) is 5.75 Å². The summed E-state index contributed by atoms with van der Waals surface area (Å²) in [4.78, 5) is 11.9. The summed E-state index contributed by atoms with van der Waals surface area (Å²) in [6, 6.07) is 13.8. The van der Waals surface area contributed by atoms with Crippen molar-refractivity contribution in [3.05, 3.63) is 65.5 Å². The molecule has 2 rings (SSSR count). The summed E-state index contributed by atoms with van der Waals surface area (Å²) in [6.07, 6.45) is 1.11. The smallest absolute Gasteiger partial charge is 0.220 e. The SMILES string of the molecule is CC(N)CCC(=O)NC(C)c1ccc(OCc2ccc(F)cc2)cc1.Cl. The van der Waals surface area contributed by atoms with Crippen LogP contribution in [0.4, 0.5) is 4.39 Å². The molecule has 4 nitrogen and oxygen atoms in total. The van der Waals surface area contributed by atoms with Gasteiger partial charge in [-0.25, -0.2) is 4.39 Å². The van der Waals surface area contributed by atoms with E-state index in [2.05, 4.69) is 5.32 Å². The van der Waals surface area contributed by atoms with Gasteiger partial charge in [0, 0.05) is 12.5 Å². The first-order valence-corrected chi connectivity index (χ1v) is 8.46. The number of nitrogens with two attached hydrogens (primary N) is 1. The van der Waals surface area contributed by atoms with Crippen molar-refractivity contribution in [1.29, 1.82) is 0 Å². The fraction of sp³-hybridized carbons (Fsp3) is 0.350. The van der Waals surface area contributed by atoms with Crippen molar-refractivity contribution >= 4 is 18.3 Å². The summed E-state index contributed by atoms with van der Waals surface area (Å²) in [6.45, 7) is 4.21. The molecule has 0 saturated heterocycles. The Hall–Kier alpha value is -2.11. The van der Waals surface area contributed by atoms with Crippen LogP contribution in [0.2, 0.25) is 0 Å². The highest BCUT2D eigenvalue weighted by Crippen LogP contribution is 2.19. The third-order valence-electron chi connectivity index (χ3n) is 3.90. The van der Waals surface area contributed by atoms with Gasteiger partial charge in [-0.15, -0.1) is 12.4 Å². The number of carbonyl (C=O) groups is 1. The molecule has 2 aromatic rings. The van der Waals surface area contributed by atoms with Gasteiger partial charge in [-0.3, -0.25) is 4.79 Å². The average Bonchev–Trinajstić information content (AvgIpc) is 2.60. The molecule has 2 unspecified atom stereocenters. The third-order valence-corrected chi connectivity index (χ3v) is 3.90. The number of halogens is 2. The minimum absolute atomic E-state index is 0. The summed E-state index contributed by atoms with van der Waals surface area (Å²) in [5, 5.41) is 2.96. The maximum absolute atomic E-state index is 12.9. The summed E-state index contributed by atoms with van der Waals surface area (Å²) in [7, 11) is 0. The lowest BCUT2D eigenvalue weighted by Gasteiger charge is -2.15. The minimum atomic E-state index is -0.259. The summed E-state index contributed by atoms with van der Waals surface area (Å²) in [5.74, 6) is 0.468. The van der Waals surface area contributed by atoms with Crippen LogP contribution in [0.15, 0.2) is 48.5 Å². The van der Waals surface area contributed by atoms with Gasteiger partial charge in [0.25, 0.3) is 0 Å². The van der Waals surface area contributed by atoms with Gasteiger partial charge in [-0.05, 0) is 55.7 Å². The van der Waals surface area contributed by atoms with E-state index in [0.717, 1.165) is 16.9 Å². The first-order chi connectivity index (χ1) is 11.9. The Morgan fingerprint density at radius 1 is 1.12 bits per heavy atom. The molecule has 0 spiro atoms. The molecular formula is C20H26ClFN2O2. The van der Waals surface area contributed by atoms with Crippen molar-refractivity contribution in [2.24, 2.45) is 5.73 Å². The molecule has 0 fully saturated rings. The van der Waals surface area contributed by atoms with Crippen molar-refractivity contribution in [2.75, 3.05) is 0 Å². The molecule has 2 aromatic carbocycles. The van der Waals surface area contributed by atoms with E-state index in [1.165, 1.54) is 12.1 Å². The monoisotopic (exact) mass is 380 g/mol. The van der Waals surface area contributed by atoms with Crippen LogP contribution in [0.3, 0.4) is 0 Å². The van der Waals surface area contributed by atoms with Crippen molar-refractivity contribution in [1.82, 2.24) is 5.32 Å². The molecule has 0 aliphatic heterocycles. The second kappa shape index (κ2) is 10.8. The van der Waals surface area contributed by atoms with Gasteiger partial charge in [-0.1, -0.05) is 24.3 Å². The molecule has 1 amide bonds. The van der Waals surface area contributed by atoms with Crippen molar-refractivity contribution in [2.45, 2.75) is 45.4 Å². The molecule has 0 saturated carbocycles. The van der Waals surface area contributed by atoms with E-state index in [9.17, 15) is 9.18 Å². The first kappa shape index (κ1) is 21.9. The summed E-state index contributed by atoms with van der Waals surface area (Å²) in [5.41, 5.74) is 7.57. The number of benzene rings is 2. The van der Waals surface area contributed by atoms with Crippen LogP contribution < -0.4 is 15.8 Å². The molecule has 26 heavy (non-hydrogen) atoms. The van der Waals surface area contributed by atoms with Gasteiger partial charge in [0.2, 0.25) is 5.91 Å². The minimum Gasteiger partial charge on any atom is -0.489 e. The third kappa shape index (κ3) is 7.42. The number of nitrogens with one attached hydrogen (secondary N) is 1. The molecule has 2 atom stereocenters. The number of amides is 1. The molecule has 0 aliphatic rings. The summed E-state index contributed by atoms with van der Waals surface area (Å²) < 4.78 is 18.6. The number of hydrogen-bond donors (Lipinski definition) is 2. The van der Waals surface area contributed by atoms with Gasteiger partial charge >= 0.3 is 0 Å². The number of rotatable bonds is 8. The molecule has 0 radical (unpaired) electrons. The standard InChI is InChI=1S/C20H25FN2O2.ClH/c1-14(22)3-12-20(24)23-15(2)17-6-10-19(11-7-17)25-13-16-4-8-18(21)9-5-16;/h4-11,14-15H,3,12-13,22H2,1-2H3,(H,23,24);1H. The highest BCUT2D eigenvalue weighted by Gasteiger charge is 2.10. The van der Waals surface area contributed by atoms with Crippen LogP contribution in [0.5, 0.6) is 5.75 Å². The maximum atomic E-state index is 12.9. The van der Waals surface area contributed by atoms with Crippen LogP contribution in [0.1, 0.15) is 43.9 Å². The largest absolute Gasteiger partial charge is 0.489 e. The van der Waals surface area contributed by atoms with E-state index in [0.29, 0.717) is 19.4 Å². The van der Waals surface area contributed by atoms with Crippen LogP contribution in [-0.4, -0.2) is 11.9 Å². The molecule has 0 bridgehead atoms. The Balaban J connectivity index is 0.00000338. The highest BCUT2D eigenvalue weighted by atomic mass is 35.5. The molecule has 142 valence electrons. The van der Waals surface area contributed by atoms with Gasteiger partial charge < -0.3 is 15.8 Å². The zero-order valence-electron chi connectivity index (χ0n) is 15.1. The van der Waals surface area contributed by atoms with Gasteiger partial charge in [0.1, 0.15) is 18.2 Å². The second-order valence-electron chi connectivity index (χ2n) is 6.29. The van der Waals surface area contributed by atoms with E-state index in [-0.39, 0.29) is 36.2 Å². The van der Waals surface area contributed by atoms with Crippen LogP contribution >= 0.6 is 12.4 Å². The normalized spacial score (nSPS) is 12.6. The van der Waals surface area contributed by atoms with Crippen LogP contribution in [-0.2, 0) is 11.4 Å². The van der Waals surface area contributed by atoms with Crippen molar-refractivity contribution < 1.29 is 13.9 Å². The Kier molecular flexibility index (Phi) is 9.10.